The fourth-order valence-electron chi connectivity index (χ4n) is 9.14. The standard InChI is InChI=1S/C41H33Cl2N3O9/c1-54-25-10-7-22(8-11-25)41-29(37(49)46(40(41)53)44-31-14-9-23(42)18-30(31)43)19-28-26(35(41)20-6-15-33(55-2)32(47)17-20)12-13-27-34(28)38(50)45(36(27)48)24-5-3-4-21(16-24)39(51)52/h3-12,14-18,27-29,34-35,44,47H,13,19H2,1-2H3,(H,51,52)/t27-,28+,29-,34-,35-,41+/m0/s1. The summed E-state index contributed by atoms with van der Waals surface area (Å²) in [5.41, 5.74) is 3.24. The molecule has 4 aromatic carbocycles. The van der Waals surface area contributed by atoms with Crippen molar-refractivity contribution >= 4 is 64.2 Å². The lowest BCUT2D eigenvalue weighted by molar-refractivity contribution is -0.138. The van der Waals surface area contributed by atoms with Gasteiger partial charge in [0.1, 0.15) is 5.75 Å². The average Bonchev–Trinajstić information content (AvgIpc) is 3.56. The van der Waals surface area contributed by atoms with Crippen molar-refractivity contribution < 1.29 is 43.7 Å². The van der Waals surface area contributed by atoms with Crippen LogP contribution in [0.15, 0.2) is 96.6 Å². The number of carboxylic acids is 1. The van der Waals surface area contributed by atoms with E-state index in [9.17, 15) is 29.4 Å². The number of rotatable bonds is 8. The fourth-order valence-corrected chi connectivity index (χ4v) is 9.59. The topological polar surface area (TPSA) is 163 Å². The number of phenolic OH excluding ortho intramolecular Hbond substituents is 1. The molecule has 12 nitrogen and oxygen atoms in total. The smallest absolute Gasteiger partial charge is 0.335 e. The number of carbonyl (C=O) groups excluding carboxylic acids is 4. The van der Waals surface area contributed by atoms with Crippen LogP contribution in [0, 0.1) is 23.7 Å². The monoisotopic (exact) mass is 781 g/mol. The molecule has 0 aromatic heterocycles. The van der Waals surface area contributed by atoms with Gasteiger partial charge in [0.2, 0.25) is 11.8 Å². The number of hydrazine groups is 1. The lowest BCUT2D eigenvalue weighted by atomic mass is 9.49. The van der Waals surface area contributed by atoms with Gasteiger partial charge >= 0.3 is 5.97 Å². The van der Waals surface area contributed by atoms with E-state index in [1.165, 1.54) is 50.6 Å². The summed E-state index contributed by atoms with van der Waals surface area (Å²) < 4.78 is 10.8. The first-order valence-corrected chi connectivity index (χ1v) is 18.2. The summed E-state index contributed by atoms with van der Waals surface area (Å²) in [7, 11) is 2.93. The number of benzene rings is 4. The predicted octanol–water partition coefficient (Wildman–Crippen LogP) is 6.60. The molecule has 6 atom stereocenters. The maximum Gasteiger partial charge on any atom is 0.335 e. The Kier molecular flexibility index (Phi) is 8.85. The van der Waals surface area contributed by atoms with E-state index in [-0.39, 0.29) is 46.3 Å². The van der Waals surface area contributed by atoms with Crippen molar-refractivity contribution in [3.8, 4) is 17.2 Å². The summed E-state index contributed by atoms with van der Waals surface area (Å²) >= 11 is 12.7. The number of fused-ring (bicyclic) bond motifs is 4. The number of imide groups is 2. The third kappa shape index (κ3) is 5.45. The molecule has 3 fully saturated rings. The minimum Gasteiger partial charge on any atom is -0.504 e. The Bertz CT molecular complexity index is 2350. The Hall–Kier alpha value is -5.85. The van der Waals surface area contributed by atoms with Crippen LogP contribution in [0.3, 0.4) is 0 Å². The Balaban J connectivity index is 1.33. The second-order valence-corrected chi connectivity index (χ2v) is 14.9. The quantitative estimate of drug-likeness (QED) is 0.131. The number of phenols is 1. The van der Waals surface area contributed by atoms with E-state index in [0.29, 0.717) is 27.5 Å². The van der Waals surface area contributed by atoms with Gasteiger partial charge in [-0.05, 0) is 90.6 Å². The number of amides is 4. The number of nitrogens with one attached hydrogen (secondary N) is 1. The number of allylic oxidation sites excluding steroid dienone is 2. The molecule has 2 aliphatic carbocycles. The maximum absolute atomic E-state index is 15.4. The third-order valence-corrected chi connectivity index (χ3v) is 12.0. The Labute approximate surface area is 324 Å². The third-order valence-electron chi connectivity index (χ3n) is 11.5. The van der Waals surface area contributed by atoms with Gasteiger partial charge < -0.3 is 19.7 Å². The van der Waals surface area contributed by atoms with Crippen molar-refractivity contribution in [2.45, 2.75) is 24.2 Å². The van der Waals surface area contributed by atoms with Crippen molar-refractivity contribution in [2.24, 2.45) is 23.7 Å². The summed E-state index contributed by atoms with van der Waals surface area (Å²) in [4.78, 5) is 71.8. The molecule has 8 rings (SSSR count). The second kappa shape index (κ2) is 13.5. The highest BCUT2D eigenvalue weighted by atomic mass is 35.5. The average molecular weight is 783 g/mol. The highest BCUT2D eigenvalue weighted by molar-refractivity contribution is 6.36. The summed E-state index contributed by atoms with van der Waals surface area (Å²) in [6.45, 7) is 0. The fraction of sp³-hybridized carbons (Fsp3) is 0.244. The molecular weight excluding hydrogens is 749 g/mol. The number of anilines is 2. The molecule has 14 heteroatoms. The number of methoxy groups -OCH3 is 2. The van der Waals surface area contributed by atoms with Gasteiger partial charge in [-0.2, -0.15) is 5.01 Å². The number of hydrogen-bond donors (Lipinski definition) is 3. The van der Waals surface area contributed by atoms with E-state index < -0.39 is 64.6 Å². The summed E-state index contributed by atoms with van der Waals surface area (Å²) in [5, 5.41) is 22.3. The number of nitrogens with zero attached hydrogens (tertiary/aromatic N) is 2. The predicted molar refractivity (Wildman–Crippen MR) is 201 cm³/mol. The number of aromatic carboxylic acids is 1. The molecule has 4 aliphatic rings. The number of ether oxygens (including phenoxy) is 2. The van der Waals surface area contributed by atoms with Gasteiger partial charge in [0.25, 0.3) is 11.8 Å². The molecule has 3 N–H and O–H groups in total. The van der Waals surface area contributed by atoms with Crippen molar-refractivity contribution in [2.75, 3.05) is 24.5 Å². The molecule has 55 heavy (non-hydrogen) atoms. The van der Waals surface area contributed by atoms with Gasteiger partial charge in [-0.3, -0.25) is 29.5 Å². The normalized spacial score (nSPS) is 25.6. The molecule has 0 unspecified atom stereocenters. The van der Waals surface area contributed by atoms with Crippen LogP contribution in [0.4, 0.5) is 11.4 Å². The van der Waals surface area contributed by atoms with E-state index in [1.807, 2.05) is 6.08 Å². The van der Waals surface area contributed by atoms with E-state index in [4.69, 9.17) is 32.7 Å². The van der Waals surface area contributed by atoms with Gasteiger partial charge in [-0.1, -0.05) is 59.1 Å². The number of carbonyl (C=O) groups is 5. The highest BCUT2D eigenvalue weighted by Crippen LogP contribution is 2.64. The molecule has 2 saturated heterocycles. The number of halogens is 2. The minimum atomic E-state index is -1.63. The molecule has 4 aromatic rings. The molecular formula is C41H33Cl2N3O9. The van der Waals surface area contributed by atoms with Crippen molar-refractivity contribution in [3.05, 3.63) is 123 Å². The van der Waals surface area contributed by atoms with Gasteiger partial charge in [0, 0.05) is 10.9 Å². The lowest BCUT2D eigenvalue weighted by Crippen LogP contribution is -2.53. The van der Waals surface area contributed by atoms with Crippen molar-refractivity contribution in [1.29, 1.82) is 0 Å². The molecule has 0 spiro atoms. The van der Waals surface area contributed by atoms with E-state index in [0.717, 1.165) is 9.91 Å². The molecule has 2 heterocycles. The first kappa shape index (κ1) is 36.1. The van der Waals surface area contributed by atoms with Gasteiger partial charge in [-0.15, -0.1) is 0 Å². The SMILES string of the molecule is COc1ccc([C@@]23C(=O)N(Nc4ccc(Cl)cc4Cl)C(=O)[C@@H]2C[C@@H]2C(=CC[C@@H]4C(=O)N(c5cccc(C(=O)O)c5)C(=O)[C@@H]42)[C@@H]3c2ccc(OC)c(O)c2)cc1. The Morgan fingerprint density at radius 3 is 2.31 bits per heavy atom. The van der Waals surface area contributed by atoms with Crippen LogP contribution in [0.5, 0.6) is 17.2 Å². The summed E-state index contributed by atoms with van der Waals surface area (Å²) in [6, 6.07) is 21.9. The van der Waals surface area contributed by atoms with E-state index in [1.54, 1.807) is 48.5 Å². The number of aromatic hydroxyl groups is 1. The second-order valence-electron chi connectivity index (χ2n) is 14.0. The van der Waals surface area contributed by atoms with Crippen molar-refractivity contribution in [1.82, 2.24) is 5.01 Å². The largest absolute Gasteiger partial charge is 0.504 e. The van der Waals surface area contributed by atoms with Gasteiger partial charge in [0.15, 0.2) is 11.5 Å². The Morgan fingerprint density at radius 1 is 0.873 bits per heavy atom. The first-order chi connectivity index (χ1) is 26.4. The lowest BCUT2D eigenvalue weighted by Gasteiger charge is -2.50. The highest BCUT2D eigenvalue weighted by Gasteiger charge is 2.70. The maximum atomic E-state index is 15.4. The molecule has 2 aliphatic heterocycles. The van der Waals surface area contributed by atoms with Crippen molar-refractivity contribution in [3.63, 3.8) is 0 Å². The zero-order valence-corrected chi connectivity index (χ0v) is 30.9. The van der Waals surface area contributed by atoms with Gasteiger partial charge in [0.05, 0.1) is 59.3 Å². The number of carboxylic acid groups (broad SMARTS) is 1. The first-order valence-electron chi connectivity index (χ1n) is 17.4. The molecule has 280 valence electrons. The zero-order chi connectivity index (χ0) is 38.9. The van der Waals surface area contributed by atoms with Crippen LogP contribution >= 0.6 is 23.2 Å². The van der Waals surface area contributed by atoms with Crippen LogP contribution in [0.2, 0.25) is 10.0 Å². The molecule has 1 saturated carbocycles. The van der Waals surface area contributed by atoms with Crippen LogP contribution < -0.4 is 19.8 Å². The summed E-state index contributed by atoms with van der Waals surface area (Å²) in [5.74, 6) is -7.35. The van der Waals surface area contributed by atoms with Crippen LogP contribution in [0.25, 0.3) is 0 Å². The van der Waals surface area contributed by atoms with Crippen LogP contribution in [-0.4, -0.2) is 59.0 Å². The van der Waals surface area contributed by atoms with Crippen LogP contribution in [0.1, 0.15) is 40.2 Å². The molecule has 4 amide bonds. The summed E-state index contributed by atoms with van der Waals surface area (Å²) in [6.07, 6.45) is 2.03. The van der Waals surface area contributed by atoms with E-state index >= 15 is 4.79 Å². The Morgan fingerprint density at radius 2 is 1.64 bits per heavy atom. The van der Waals surface area contributed by atoms with E-state index in [2.05, 4.69) is 5.43 Å². The molecule has 0 bridgehead atoms. The minimum absolute atomic E-state index is 0.0107. The van der Waals surface area contributed by atoms with Gasteiger partial charge in [-0.25, -0.2) is 4.79 Å². The van der Waals surface area contributed by atoms with Crippen LogP contribution in [-0.2, 0) is 24.6 Å². The molecule has 0 radical (unpaired) electrons. The zero-order valence-electron chi connectivity index (χ0n) is 29.4. The number of hydrogen-bond acceptors (Lipinski definition) is 9.